The number of hydrogen-bond donors (Lipinski definition) is 1. The van der Waals surface area contributed by atoms with Crippen molar-refractivity contribution in [2.75, 3.05) is 5.75 Å². The lowest BCUT2D eigenvalue weighted by Crippen LogP contribution is -2.47. The third-order valence-corrected chi connectivity index (χ3v) is 4.73. The molecule has 1 saturated heterocycles. The zero-order valence-corrected chi connectivity index (χ0v) is 11.7. The molecule has 2 aliphatic heterocycles. The fraction of sp³-hybridized carbons (Fsp3) is 0.429. The van der Waals surface area contributed by atoms with E-state index in [0.717, 1.165) is 11.1 Å². The van der Waals surface area contributed by atoms with Crippen molar-refractivity contribution in [1.29, 1.82) is 0 Å². The first-order valence-electron chi connectivity index (χ1n) is 6.43. The summed E-state index contributed by atoms with van der Waals surface area (Å²) in [5.74, 6) is 0.601. The molecule has 2 aliphatic rings. The van der Waals surface area contributed by atoms with Gasteiger partial charge in [-0.05, 0) is 25.5 Å². The van der Waals surface area contributed by atoms with Gasteiger partial charge in [0, 0.05) is 17.4 Å². The molecule has 5 heteroatoms. The number of thioether (sulfide) groups is 1. The molecule has 2 amide bonds. The van der Waals surface area contributed by atoms with Crippen LogP contribution < -0.4 is 5.32 Å². The Morgan fingerprint density at radius 3 is 2.89 bits per heavy atom. The molecule has 1 fully saturated rings. The zero-order chi connectivity index (χ0) is 13.6. The predicted molar refractivity (Wildman–Crippen MR) is 74.9 cm³/mol. The van der Waals surface area contributed by atoms with Crippen LogP contribution in [0.1, 0.15) is 35.1 Å². The van der Waals surface area contributed by atoms with Crippen LogP contribution in [0.4, 0.5) is 0 Å². The summed E-state index contributed by atoms with van der Waals surface area (Å²) in [6.45, 7) is 3.86. The minimum absolute atomic E-state index is 0.00612. The lowest BCUT2D eigenvalue weighted by molar-refractivity contribution is -0.125. The van der Waals surface area contributed by atoms with Crippen LogP contribution in [0.3, 0.4) is 0 Å². The van der Waals surface area contributed by atoms with Gasteiger partial charge >= 0.3 is 0 Å². The number of carbonyl (C=O) groups is 2. The predicted octanol–water partition coefficient (Wildman–Crippen LogP) is 1.78. The van der Waals surface area contributed by atoms with Gasteiger partial charge in [-0.3, -0.25) is 9.59 Å². The molecular weight excluding hydrogens is 260 g/mol. The molecule has 4 nitrogen and oxygen atoms in total. The molecule has 2 atom stereocenters. The number of carbonyl (C=O) groups excluding carboxylic acids is 2. The summed E-state index contributed by atoms with van der Waals surface area (Å²) in [6, 6.07) is 7.38. The summed E-state index contributed by atoms with van der Waals surface area (Å²) >= 11 is 1.67. The van der Waals surface area contributed by atoms with Crippen molar-refractivity contribution >= 4 is 23.6 Å². The Balaban J connectivity index is 1.89. The minimum Gasteiger partial charge on any atom is -0.352 e. The molecule has 1 N–H and O–H groups in total. The molecule has 0 aromatic heterocycles. The summed E-state index contributed by atoms with van der Waals surface area (Å²) in [4.78, 5) is 26.3. The van der Waals surface area contributed by atoms with E-state index in [0.29, 0.717) is 5.75 Å². The maximum atomic E-state index is 12.4. The Hall–Kier alpha value is -1.49. The molecule has 0 radical (unpaired) electrons. The van der Waals surface area contributed by atoms with Crippen molar-refractivity contribution in [2.24, 2.45) is 0 Å². The third kappa shape index (κ3) is 1.92. The highest BCUT2D eigenvalue weighted by Crippen LogP contribution is 2.47. The smallest absolute Gasteiger partial charge is 0.256 e. The molecule has 0 spiro atoms. The van der Waals surface area contributed by atoms with Crippen LogP contribution in [0, 0.1) is 0 Å². The second-order valence-electron chi connectivity index (χ2n) is 5.16. The lowest BCUT2D eigenvalue weighted by Gasteiger charge is -2.23. The van der Waals surface area contributed by atoms with Gasteiger partial charge in [-0.25, -0.2) is 0 Å². The average molecular weight is 276 g/mol. The number of hydrogen-bond acceptors (Lipinski definition) is 3. The van der Waals surface area contributed by atoms with Crippen molar-refractivity contribution in [1.82, 2.24) is 10.2 Å². The number of benzene rings is 1. The van der Waals surface area contributed by atoms with Crippen molar-refractivity contribution in [3.8, 4) is 0 Å². The molecular formula is C14H16N2O2S. The van der Waals surface area contributed by atoms with Gasteiger partial charge in [0.25, 0.3) is 5.91 Å². The summed E-state index contributed by atoms with van der Waals surface area (Å²) < 4.78 is 0. The highest BCUT2D eigenvalue weighted by molar-refractivity contribution is 7.99. The standard InChI is InChI=1S/C14H16N2O2S/c1-8(2)15-12(17)11-7-19-14-10-6-4-3-5-9(10)13(18)16(11)14/h3-6,8,11,14H,7H2,1-2H3,(H,15,17)/t11-,14-/m0/s1. The Morgan fingerprint density at radius 2 is 2.16 bits per heavy atom. The van der Waals surface area contributed by atoms with Crippen LogP contribution in [0.25, 0.3) is 0 Å². The summed E-state index contributed by atoms with van der Waals surface area (Å²) in [5, 5.41) is 2.90. The van der Waals surface area contributed by atoms with Crippen LogP contribution in [0.15, 0.2) is 24.3 Å². The number of nitrogens with one attached hydrogen (secondary N) is 1. The van der Waals surface area contributed by atoms with Crippen molar-refractivity contribution < 1.29 is 9.59 Å². The van der Waals surface area contributed by atoms with Crippen LogP contribution in [-0.2, 0) is 4.79 Å². The molecule has 0 saturated carbocycles. The first-order chi connectivity index (χ1) is 9.09. The van der Waals surface area contributed by atoms with Crippen LogP contribution in [0.5, 0.6) is 0 Å². The molecule has 100 valence electrons. The third-order valence-electron chi connectivity index (χ3n) is 3.43. The van der Waals surface area contributed by atoms with E-state index >= 15 is 0 Å². The Bertz CT molecular complexity index is 544. The summed E-state index contributed by atoms with van der Waals surface area (Å²) in [6.07, 6.45) is 0. The second-order valence-corrected chi connectivity index (χ2v) is 6.28. The molecule has 1 aromatic carbocycles. The molecule has 0 bridgehead atoms. The number of amides is 2. The van der Waals surface area contributed by atoms with Gasteiger partial charge < -0.3 is 10.2 Å². The van der Waals surface area contributed by atoms with Crippen LogP contribution in [-0.4, -0.2) is 34.6 Å². The van der Waals surface area contributed by atoms with E-state index in [2.05, 4.69) is 5.32 Å². The van der Waals surface area contributed by atoms with Crippen LogP contribution >= 0.6 is 11.8 Å². The zero-order valence-electron chi connectivity index (χ0n) is 10.9. The van der Waals surface area contributed by atoms with Gasteiger partial charge in [0.15, 0.2) is 0 Å². The van der Waals surface area contributed by atoms with E-state index in [1.807, 2.05) is 38.1 Å². The van der Waals surface area contributed by atoms with Crippen molar-refractivity contribution in [3.05, 3.63) is 35.4 Å². The first kappa shape index (κ1) is 12.5. The topological polar surface area (TPSA) is 49.4 Å². The van der Waals surface area contributed by atoms with Gasteiger partial charge in [-0.2, -0.15) is 0 Å². The number of nitrogens with zero attached hydrogens (tertiary/aromatic N) is 1. The number of rotatable bonds is 2. The fourth-order valence-corrected chi connectivity index (χ4v) is 4.09. The van der Waals surface area contributed by atoms with E-state index in [9.17, 15) is 9.59 Å². The molecule has 3 rings (SSSR count). The Labute approximate surface area is 116 Å². The van der Waals surface area contributed by atoms with E-state index in [1.54, 1.807) is 16.7 Å². The number of fused-ring (bicyclic) bond motifs is 3. The molecule has 19 heavy (non-hydrogen) atoms. The van der Waals surface area contributed by atoms with E-state index in [1.165, 1.54) is 0 Å². The lowest BCUT2D eigenvalue weighted by atomic mass is 10.1. The van der Waals surface area contributed by atoms with Gasteiger partial charge in [0.2, 0.25) is 5.91 Å². The van der Waals surface area contributed by atoms with Crippen molar-refractivity contribution in [3.63, 3.8) is 0 Å². The molecule has 2 heterocycles. The van der Waals surface area contributed by atoms with E-state index in [4.69, 9.17) is 0 Å². The summed E-state index contributed by atoms with van der Waals surface area (Å²) in [5.41, 5.74) is 1.78. The van der Waals surface area contributed by atoms with Gasteiger partial charge in [0.1, 0.15) is 11.4 Å². The maximum absolute atomic E-state index is 12.4. The quantitative estimate of drug-likeness (QED) is 0.896. The molecule has 0 aliphatic carbocycles. The maximum Gasteiger partial charge on any atom is 0.256 e. The normalized spacial score (nSPS) is 24.6. The fourth-order valence-electron chi connectivity index (χ4n) is 2.62. The van der Waals surface area contributed by atoms with Gasteiger partial charge in [-0.1, -0.05) is 18.2 Å². The average Bonchev–Trinajstić information content (AvgIpc) is 2.91. The minimum atomic E-state index is -0.350. The Kier molecular flexibility index (Phi) is 3.01. The van der Waals surface area contributed by atoms with Gasteiger partial charge in [-0.15, -0.1) is 11.8 Å². The summed E-state index contributed by atoms with van der Waals surface area (Å²) in [7, 11) is 0. The SMILES string of the molecule is CC(C)NC(=O)[C@@H]1CS[C@H]2c3ccccc3C(=O)N12. The Morgan fingerprint density at radius 1 is 1.42 bits per heavy atom. The molecule has 0 unspecified atom stereocenters. The highest BCUT2D eigenvalue weighted by atomic mass is 32.2. The highest BCUT2D eigenvalue weighted by Gasteiger charge is 2.48. The second kappa shape index (κ2) is 4.56. The first-order valence-corrected chi connectivity index (χ1v) is 7.48. The van der Waals surface area contributed by atoms with Gasteiger partial charge in [0.05, 0.1) is 0 Å². The monoisotopic (exact) mass is 276 g/mol. The van der Waals surface area contributed by atoms with Crippen LogP contribution in [0.2, 0.25) is 0 Å². The van der Waals surface area contributed by atoms with E-state index in [-0.39, 0.29) is 29.3 Å². The van der Waals surface area contributed by atoms with Crippen molar-refractivity contribution in [2.45, 2.75) is 31.3 Å². The van der Waals surface area contributed by atoms with E-state index < -0.39 is 0 Å². The molecule has 1 aromatic rings. The largest absolute Gasteiger partial charge is 0.352 e.